The number of esters is 1. The Morgan fingerprint density at radius 2 is 1.89 bits per heavy atom. The van der Waals surface area contributed by atoms with Gasteiger partial charge >= 0.3 is 5.97 Å². The van der Waals surface area contributed by atoms with Crippen LogP contribution in [-0.4, -0.2) is 69.8 Å². The molecule has 8 nitrogen and oxygen atoms in total. The fourth-order valence-electron chi connectivity index (χ4n) is 4.70. The monoisotopic (exact) mass is 506 g/mol. The highest BCUT2D eigenvalue weighted by molar-refractivity contribution is 6.05. The van der Waals surface area contributed by atoms with Crippen molar-refractivity contribution in [3.63, 3.8) is 0 Å². The molecule has 0 saturated carbocycles. The van der Waals surface area contributed by atoms with E-state index in [1.54, 1.807) is 11.8 Å². The highest BCUT2D eigenvalue weighted by atomic mass is 16.5. The molecule has 1 aliphatic heterocycles. The van der Waals surface area contributed by atoms with Crippen LogP contribution in [0, 0.1) is 12.8 Å². The Hall–Kier alpha value is -3.55. The first-order valence-corrected chi connectivity index (χ1v) is 13.1. The van der Waals surface area contributed by atoms with Gasteiger partial charge in [0.15, 0.2) is 5.82 Å². The SMILES string of the molecule is C=CCOC(=O)c1c(C)nc(-c2ccccc2)nc1C(=O)N1CCN(C(=O)C(CC)CCCC)C(C)C1. The third-order valence-electron chi connectivity index (χ3n) is 6.81. The van der Waals surface area contributed by atoms with Crippen LogP contribution in [0.5, 0.6) is 0 Å². The lowest BCUT2D eigenvalue weighted by atomic mass is 9.96. The molecule has 37 heavy (non-hydrogen) atoms. The summed E-state index contributed by atoms with van der Waals surface area (Å²) in [6.07, 6.45) is 5.25. The summed E-state index contributed by atoms with van der Waals surface area (Å²) in [6, 6.07) is 9.18. The van der Waals surface area contributed by atoms with Crippen LogP contribution in [0.25, 0.3) is 11.4 Å². The van der Waals surface area contributed by atoms with E-state index in [9.17, 15) is 14.4 Å². The third kappa shape index (κ3) is 6.61. The van der Waals surface area contributed by atoms with E-state index in [0.717, 1.165) is 31.2 Å². The normalized spacial score (nSPS) is 16.3. The molecule has 0 spiro atoms. The number of piperazine rings is 1. The number of ether oxygens (including phenoxy) is 1. The fraction of sp³-hybridized carbons (Fsp3) is 0.483. The maximum absolute atomic E-state index is 13.8. The van der Waals surface area contributed by atoms with Crippen molar-refractivity contribution in [1.29, 1.82) is 0 Å². The summed E-state index contributed by atoms with van der Waals surface area (Å²) in [7, 11) is 0. The Morgan fingerprint density at radius 1 is 1.16 bits per heavy atom. The predicted molar refractivity (Wildman–Crippen MR) is 143 cm³/mol. The van der Waals surface area contributed by atoms with Crippen LogP contribution in [0.3, 0.4) is 0 Å². The molecule has 8 heteroatoms. The standard InChI is InChI=1S/C29H38N4O4/c1-6-9-13-22(8-3)27(34)33-17-16-32(19-20(33)4)28(35)25-24(29(36)37-18-7-2)21(5)30-26(31-25)23-14-11-10-12-15-23/h7,10-12,14-15,20,22H,2,6,8-9,13,16-19H2,1,3-5H3. The molecule has 0 aliphatic carbocycles. The van der Waals surface area contributed by atoms with Crippen molar-refractivity contribution in [2.45, 2.75) is 59.4 Å². The molecule has 2 amide bonds. The molecule has 0 radical (unpaired) electrons. The Labute approximate surface area is 219 Å². The van der Waals surface area contributed by atoms with Gasteiger partial charge in [-0.25, -0.2) is 14.8 Å². The first kappa shape index (κ1) is 28.0. The molecule has 2 unspecified atom stereocenters. The van der Waals surface area contributed by atoms with Crippen LogP contribution in [0.4, 0.5) is 0 Å². The van der Waals surface area contributed by atoms with Crippen molar-refractivity contribution in [2.75, 3.05) is 26.2 Å². The molecule has 1 saturated heterocycles. The van der Waals surface area contributed by atoms with Gasteiger partial charge in [-0.3, -0.25) is 9.59 Å². The molecule has 1 aromatic carbocycles. The van der Waals surface area contributed by atoms with E-state index in [0.29, 0.717) is 31.2 Å². The summed E-state index contributed by atoms with van der Waals surface area (Å²) in [4.78, 5) is 52.5. The Morgan fingerprint density at radius 3 is 2.51 bits per heavy atom. The first-order valence-electron chi connectivity index (χ1n) is 13.1. The molecule has 2 aromatic rings. The first-order chi connectivity index (χ1) is 17.8. The van der Waals surface area contributed by atoms with E-state index < -0.39 is 5.97 Å². The molecule has 3 rings (SSSR count). The number of hydrogen-bond acceptors (Lipinski definition) is 6. The zero-order valence-electron chi connectivity index (χ0n) is 22.4. The molecule has 0 N–H and O–H groups in total. The molecule has 198 valence electrons. The number of aromatic nitrogens is 2. The van der Waals surface area contributed by atoms with Crippen LogP contribution in [0.15, 0.2) is 43.0 Å². The van der Waals surface area contributed by atoms with Gasteiger partial charge in [-0.15, -0.1) is 0 Å². The largest absolute Gasteiger partial charge is 0.458 e. The van der Waals surface area contributed by atoms with Crippen LogP contribution in [0.1, 0.15) is 73.0 Å². The number of aryl methyl sites for hydroxylation is 1. The lowest BCUT2D eigenvalue weighted by molar-refractivity contribution is -0.140. The summed E-state index contributed by atoms with van der Waals surface area (Å²) in [6.45, 7) is 12.6. The minimum Gasteiger partial charge on any atom is -0.458 e. The van der Waals surface area contributed by atoms with Crippen molar-refractivity contribution in [3.05, 3.63) is 59.9 Å². The quantitative estimate of drug-likeness (QED) is 0.343. The molecule has 2 atom stereocenters. The van der Waals surface area contributed by atoms with Crippen LogP contribution >= 0.6 is 0 Å². The zero-order valence-corrected chi connectivity index (χ0v) is 22.4. The van der Waals surface area contributed by atoms with E-state index in [2.05, 4.69) is 30.4 Å². The van der Waals surface area contributed by atoms with Gasteiger partial charge in [-0.2, -0.15) is 0 Å². The number of unbranched alkanes of at least 4 members (excludes halogenated alkanes) is 1. The van der Waals surface area contributed by atoms with Gasteiger partial charge in [0.2, 0.25) is 5.91 Å². The Balaban J connectivity index is 1.89. The van der Waals surface area contributed by atoms with Gasteiger partial charge in [0.05, 0.1) is 5.69 Å². The van der Waals surface area contributed by atoms with Crippen LogP contribution < -0.4 is 0 Å². The van der Waals surface area contributed by atoms with Crippen molar-refractivity contribution in [1.82, 2.24) is 19.8 Å². The van der Waals surface area contributed by atoms with E-state index in [4.69, 9.17) is 4.74 Å². The molecule has 1 aromatic heterocycles. The number of benzene rings is 1. The zero-order chi connectivity index (χ0) is 26.9. The van der Waals surface area contributed by atoms with Gasteiger partial charge in [0.1, 0.15) is 17.9 Å². The second-order valence-corrected chi connectivity index (χ2v) is 9.49. The summed E-state index contributed by atoms with van der Waals surface area (Å²) in [5.41, 5.74) is 1.19. The van der Waals surface area contributed by atoms with E-state index >= 15 is 0 Å². The van der Waals surface area contributed by atoms with Crippen LogP contribution in [0.2, 0.25) is 0 Å². The molecular weight excluding hydrogens is 468 g/mol. The number of nitrogens with zero attached hydrogens (tertiary/aromatic N) is 4. The van der Waals surface area contributed by atoms with Gasteiger partial charge in [-0.05, 0) is 26.7 Å². The predicted octanol–water partition coefficient (Wildman–Crippen LogP) is 4.68. The number of rotatable bonds is 10. The van der Waals surface area contributed by atoms with Gasteiger partial charge in [0, 0.05) is 37.2 Å². The minimum absolute atomic E-state index is 0.00818. The van der Waals surface area contributed by atoms with Gasteiger partial charge in [-0.1, -0.05) is 69.7 Å². The summed E-state index contributed by atoms with van der Waals surface area (Å²) < 4.78 is 5.26. The van der Waals surface area contributed by atoms with E-state index in [-0.39, 0.29) is 41.6 Å². The molecule has 2 heterocycles. The highest BCUT2D eigenvalue weighted by Gasteiger charge is 2.35. The molecular formula is C29H38N4O4. The maximum Gasteiger partial charge on any atom is 0.342 e. The summed E-state index contributed by atoms with van der Waals surface area (Å²) in [5, 5.41) is 0. The molecule has 1 fully saturated rings. The summed E-state index contributed by atoms with van der Waals surface area (Å²) in [5.74, 6) is -0.498. The third-order valence-corrected chi connectivity index (χ3v) is 6.81. The Bertz CT molecular complexity index is 1120. The smallest absolute Gasteiger partial charge is 0.342 e. The van der Waals surface area contributed by atoms with E-state index in [1.165, 1.54) is 6.08 Å². The topological polar surface area (TPSA) is 92.7 Å². The van der Waals surface area contributed by atoms with E-state index in [1.807, 2.05) is 42.2 Å². The van der Waals surface area contributed by atoms with Crippen molar-refractivity contribution >= 4 is 17.8 Å². The van der Waals surface area contributed by atoms with Crippen LogP contribution in [-0.2, 0) is 9.53 Å². The second-order valence-electron chi connectivity index (χ2n) is 9.49. The van der Waals surface area contributed by atoms with Crippen molar-refractivity contribution < 1.29 is 19.1 Å². The lowest BCUT2D eigenvalue weighted by Gasteiger charge is -2.41. The van der Waals surface area contributed by atoms with Crippen molar-refractivity contribution in [2.24, 2.45) is 5.92 Å². The summed E-state index contributed by atoms with van der Waals surface area (Å²) >= 11 is 0. The average Bonchev–Trinajstić information content (AvgIpc) is 2.91. The number of carbonyl (C=O) groups excluding carboxylic acids is 3. The Kier molecular flexibility index (Phi) is 9.94. The van der Waals surface area contributed by atoms with Gasteiger partial charge in [0.25, 0.3) is 5.91 Å². The highest BCUT2D eigenvalue weighted by Crippen LogP contribution is 2.24. The number of hydrogen-bond donors (Lipinski definition) is 0. The number of carbonyl (C=O) groups is 3. The lowest BCUT2D eigenvalue weighted by Crippen LogP contribution is -2.56. The fourth-order valence-corrected chi connectivity index (χ4v) is 4.70. The number of amides is 2. The average molecular weight is 507 g/mol. The maximum atomic E-state index is 13.8. The molecule has 0 bridgehead atoms. The minimum atomic E-state index is -0.663. The van der Waals surface area contributed by atoms with Gasteiger partial charge < -0.3 is 14.5 Å². The van der Waals surface area contributed by atoms with Crippen molar-refractivity contribution in [3.8, 4) is 11.4 Å². The second kappa shape index (κ2) is 13.1. The molecule has 1 aliphatic rings.